The van der Waals surface area contributed by atoms with Crippen LogP contribution in [0.25, 0.3) is 0 Å². The smallest absolute Gasteiger partial charge is 0.235 e. The van der Waals surface area contributed by atoms with Crippen LogP contribution in [0, 0.1) is 0 Å². The van der Waals surface area contributed by atoms with Crippen LogP contribution in [0.2, 0.25) is 0 Å². The number of hydrogen-bond acceptors (Lipinski definition) is 4. The van der Waals surface area contributed by atoms with Gasteiger partial charge in [0.25, 0.3) is 0 Å². The molecule has 0 bridgehead atoms. The Bertz CT molecular complexity index is 540. The first-order valence-corrected chi connectivity index (χ1v) is 8.53. The Morgan fingerprint density at radius 3 is 2.45 bits per heavy atom. The molecular formula is C14H22N2O3S. The van der Waals surface area contributed by atoms with Gasteiger partial charge in [-0.25, -0.2) is 8.42 Å². The van der Waals surface area contributed by atoms with Crippen LogP contribution in [-0.4, -0.2) is 38.5 Å². The summed E-state index contributed by atoms with van der Waals surface area (Å²) in [6.07, 6.45) is 0.308. The van der Waals surface area contributed by atoms with Crippen LogP contribution in [0.3, 0.4) is 0 Å². The van der Waals surface area contributed by atoms with E-state index >= 15 is 0 Å². The van der Waals surface area contributed by atoms with Gasteiger partial charge in [-0.05, 0) is 38.0 Å². The molecule has 1 fully saturated rings. The van der Waals surface area contributed by atoms with Gasteiger partial charge in [-0.15, -0.1) is 0 Å². The highest BCUT2D eigenvalue weighted by atomic mass is 32.2. The summed E-state index contributed by atoms with van der Waals surface area (Å²) in [5.74, 6) is 0.237. The van der Waals surface area contributed by atoms with E-state index in [1.54, 1.807) is 6.92 Å². The topological polar surface area (TPSA) is 69.6 Å². The van der Waals surface area contributed by atoms with Gasteiger partial charge in [-0.3, -0.25) is 4.31 Å². The normalized spacial score (nSPS) is 20.9. The molecule has 0 radical (unpaired) electrons. The fraction of sp³-hybridized carbons (Fsp3) is 0.571. The molecule has 1 aromatic carbocycles. The van der Waals surface area contributed by atoms with Gasteiger partial charge in [0, 0.05) is 19.1 Å². The third kappa shape index (κ3) is 3.50. The minimum Gasteiger partial charge on any atom is -0.392 e. The van der Waals surface area contributed by atoms with E-state index in [-0.39, 0.29) is 17.9 Å². The summed E-state index contributed by atoms with van der Waals surface area (Å²) in [4.78, 5) is 0. The fourth-order valence-electron chi connectivity index (χ4n) is 2.32. The molecule has 1 aromatic rings. The lowest BCUT2D eigenvalue weighted by Gasteiger charge is -2.19. The highest BCUT2D eigenvalue weighted by Gasteiger charge is 2.28. The van der Waals surface area contributed by atoms with Crippen LogP contribution in [0.5, 0.6) is 0 Å². The van der Waals surface area contributed by atoms with Gasteiger partial charge >= 0.3 is 0 Å². The molecule has 0 aliphatic carbocycles. The van der Waals surface area contributed by atoms with Crippen molar-refractivity contribution < 1.29 is 13.5 Å². The van der Waals surface area contributed by atoms with E-state index in [9.17, 15) is 13.5 Å². The summed E-state index contributed by atoms with van der Waals surface area (Å²) < 4.78 is 25.2. The zero-order valence-corrected chi connectivity index (χ0v) is 12.7. The predicted molar refractivity (Wildman–Crippen MR) is 80.3 cm³/mol. The predicted octanol–water partition coefficient (Wildman–Crippen LogP) is 1.26. The second-order valence-corrected chi connectivity index (χ2v) is 7.33. The Labute approximate surface area is 120 Å². The molecule has 20 heavy (non-hydrogen) atoms. The molecule has 0 amide bonds. The first-order valence-electron chi connectivity index (χ1n) is 6.92. The maximum Gasteiger partial charge on any atom is 0.235 e. The molecular weight excluding hydrogens is 276 g/mol. The molecule has 1 saturated heterocycles. The lowest BCUT2D eigenvalue weighted by atomic mass is 10.1. The summed E-state index contributed by atoms with van der Waals surface area (Å²) in [7, 11) is -3.11. The molecule has 0 saturated carbocycles. The van der Waals surface area contributed by atoms with Crippen molar-refractivity contribution in [3.05, 3.63) is 29.8 Å². The Morgan fingerprint density at radius 1 is 1.30 bits per heavy atom. The molecule has 6 heteroatoms. The van der Waals surface area contributed by atoms with Crippen molar-refractivity contribution in [1.29, 1.82) is 0 Å². The Hall–Kier alpha value is -1.11. The Balaban J connectivity index is 2.06. The maximum absolute atomic E-state index is 11.8. The molecule has 1 heterocycles. The van der Waals surface area contributed by atoms with E-state index < -0.39 is 10.0 Å². The van der Waals surface area contributed by atoms with Gasteiger partial charge < -0.3 is 10.4 Å². The quantitative estimate of drug-likeness (QED) is 0.858. The molecule has 2 rings (SSSR count). The van der Waals surface area contributed by atoms with Crippen LogP contribution in [0.1, 0.15) is 31.9 Å². The number of nitrogens with zero attached hydrogens (tertiary/aromatic N) is 1. The number of benzene rings is 1. The molecule has 5 nitrogen and oxygen atoms in total. The van der Waals surface area contributed by atoms with Gasteiger partial charge in [-0.2, -0.15) is 0 Å². The van der Waals surface area contributed by atoms with Crippen LogP contribution in [0.4, 0.5) is 5.69 Å². The third-order valence-electron chi connectivity index (χ3n) is 3.50. The largest absolute Gasteiger partial charge is 0.392 e. The Kier molecular flexibility index (Phi) is 4.67. The van der Waals surface area contributed by atoms with E-state index in [0.29, 0.717) is 19.5 Å². The van der Waals surface area contributed by atoms with Gasteiger partial charge in [0.15, 0.2) is 0 Å². The second-order valence-electron chi connectivity index (χ2n) is 5.31. The molecule has 112 valence electrons. The Morgan fingerprint density at radius 2 is 1.95 bits per heavy atom. The van der Waals surface area contributed by atoms with Crippen molar-refractivity contribution in [1.82, 2.24) is 5.32 Å². The number of rotatable bonds is 5. The van der Waals surface area contributed by atoms with Gasteiger partial charge in [0.1, 0.15) is 0 Å². The van der Waals surface area contributed by atoms with E-state index in [1.165, 1.54) is 4.31 Å². The van der Waals surface area contributed by atoms with E-state index in [1.807, 2.05) is 31.2 Å². The van der Waals surface area contributed by atoms with Crippen LogP contribution >= 0.6 is 0 Å². The molecule has 0 spiro atoms. The van der Waals surface area contributed by atoms with Crippen LogP contribution in [-0.2, 0) is 10.0 Å². The number of aliphatic hydroxyl groups is 1. The zero-order valence-electron chi connectivity index (χ0n) is 11.9. The van der Waals surface area contributed by atoms with E-state index in [0.717, 1.165) is 11.3 Å². The lowest BCUT2D eigenvalue weighted by molar-refractivity contribution is 0.187. The maximum atomic E-state index is 11.8. The second kappa shape index (κ2) is 6.11. The number of anilines is 1. The summed E-state index contributed by atoms with van der Waals surface area (Å²) >= 11 is 0. The van der Waals surface area contributed by atoms with Gasteiger partial charge in [0.05, 0.1) is 17.5 Å². The van der Waals surface area contributed by atoms with Crippen LogP contribution in [0.15, 0.2) is 24.3 Å². The van der Waals surface area contributed by atoms with Crippen molar-refractivity contribution in [3.8, 4) is 0 Å². The number of sulfonamides is 1. The minimum atomic E-state index is -3.11. The summed E-state index contributed by atoms with van der Waals surface area (Å²) in [5, 5.41) is 12.5. The van der Waals surface area contributed by atoms with Crippen molar-refractivity contribution in [2.24, 2.45) is 0 Å². The SMILES string of the molecule is CC(O)CNC(C)c1ccc(N2CCCS2(=O)=O)cc1. The standard InChI is InChI=1S/C14H22N2O3S/c1-11(17)10-15-12(2)13-4-6-14(7-5-13)16-8-3-9-20(16,18)19/h4-7,11-12,15,17H,3,8-10H2,1-2H3. The summed E-state index contributed by atoms with van der Waals surface area (Å²) in [5.41, 5.74) is 1.81. The van der Waals surface area contributed by atoms with Gasteiger partial charge in [-0.1, -0.05) is 12.1 Å². The average Bonchev–Trinajstić information content (AvgIpc) is 2.76. The highest BCUT2D eigenvalue weighted by molar-refractivity contribution is 7.93. The average molecular weight is 298 g/mol. The molecule has 2 atom stereocenters. The number of hydrogen-bond donors (Lipinski definition) is 2. The monoisotopic (exact) mass is 298 g/mol. The summed E-state index contributed by atoms with van der Waals surface area (Å²) in [6.45, 7) is 4.85. The number of nitrogens with one attached hydrogen (secondary N) is 1. The fourth-order valence-corrected chi connectivity index (χ4v) is 3.89. The number of aliphatic hydroxyl groups excluding tert-OH is 1. The molecule has 2 N–H and O–H groups in total. The van der Waals surface area contributed by atoms with Crippen molar-refractivity contribution in [2.75, 3.05) is 23.1 Å². The molecule has 0 aromatic heterocycles. The first kappa shape index (κ1) is 15.3. The summed E-state index contributed by atoms with van der Waals surface area (Å²) in [6, 6.07) is 7.68. The van der Waals surface area contributed by atoms with E-state index in [2.05, 4.69) is 5.32 Å². The van der Waals surface area contributed by atoms with Gasteiger partial charge in [0.2, 0.25) is 10.0 Å². The van der Waals surface area contributed by atoms with E-state index in [4.69, 9.17) is 0 Å². The molecule has 2 unspecified atom stereocenters. The third-order valence-corrected chi connectivity index (χ3v) is 5.37. The van der Waals surface area contributed by atoms with Crippen molar-refractivity contribution in [3.63, 3.8) is 0 Å². The molecule has 1 aliphatic rings. The minimum absolute atomic E-state index is 0.119. The first-order chi connectivity index (χ1) is 9.40. The highest BCUT2D eigenvalue weighted by Crippen LogP contribution is 2.25. The van der Waals surface area contributed by atoms with Crippen molar-refractivity contribution >= 4 is 15.7 Å². The van der Waals surface area contributed by atoms with Crippen LogP contribution < -0.4 is 9.62 Å². The van der Waals surface area contributed by atoms with Crippen molar-refractivity contribution in [2.45, 2.75) is 32.4 Å². The molecule has 1 aliphatic heterocycles. The zero-order chi connectivity index (χ0) is 14.8. The lowest BCUT2D eigenvalue weighted by Crippen LogP contribution is -2.27.